The predicted octanol–water partition coefficient (Wildman–Crippen LogP) is 5.53. The number of carbonyl (C=O) groups excluding carboxylic acids is 4. The van der Waals surface area contributed by atoms with E-state index < -0.39 is 57.6 Å². The molecule has 2 aliphatic rings. The van der Waals surface area contributed by atoms with Crippen LogP contribution in [0.15, 0.2) is 91.0 Å². The molecule has 3 aromatic carbocycles. The number of halogens is 4. The Morgan fingerprint density at radius 3 is 2.34 bits per heavy atom. The van der Waals surface area contributed by atoms with Crippen LogP contribution < -0.4 is 5.32 Å². The summed E-state index contributed by atoms with van der Waals surface area (Å²) in [6.07, 6.45) is -2.10. The normalized spacial score (nSPS) is 20.8. The minimum Gasteiger partial charge on any atom is -0.447 e. The fraction of sp³-hybridized carbons (Fsp3) is 0.250. The van der Waals surface area contributed by atoms with E-state index in [4.69, 9.17) is 4.74 Å². The number of hydrogen-bond donors (Lipinski definition) is 1. The molecule has 0 radical (unpaired) electrons. The number of cyclic esters (lactones) is 1. The quantitative estimate of drug-likeness (QED) is 0.169. The zero-order valence-electron chi connectivity index (χ0n) is 23.1. The Balaban J connectivity index is 1.44. The van der Waals surface area contributed by atoms with Gasteiger partial charge in [-0.05, 0) is 51.4 Å². The van der Waals surface area contributed by atoms with Crippen LogP contribution in [-0.4, -0.2) is 56.2 Å². The molecule has 4 atom stereocenters. The van der Waals surface area contributed by atoms with Crippen LogP contribution >= 0.6 is 22.6 Å². The summed E-state index contributed by atoms with van der Waals surface area (Å²) in [4.78, 5) is 55.3. The molecular formula is C32H27F3IN3O5. The first-order valence-electron chi connectivity index (χ1n) is 13.7. The summed E-state index contributed by atoms with van der Waals surface area (Å²) in [5, 5.41) is 2.59. The van der Waals surface area contributed by atoms with Gasteiger partial charge in [-0.2, -0.15) is 13.2 Å². The third kappa shape index (κ3) is 6.79. The smallest absolute Gasteiger partial charge is 0.416 e. The summed E-state index contributed by atoms with van der Waals surface area (Å²) >= 11 is 1.54. The predicted molar refractivity (Wildman–Crippen MR) is 163 cm³/mol. The van der Waals surface area contributed by atoms with Crippen LogP contribution in [-0.2, 0) is 31.8 Å². The summed E-state index contributed by atoms with van der Waals surface area (Å²) in [5.41, 5.74) is 0.921. The molecule has 2 aliphatic heterocycles. The zero-order chi connectivity index (χ0) is 31.4. The topological polar surface area (TPSA) is 96.0 Å². The Kier molecular flexibility index (Phi) is 9.37. The van der Waals surface area contributed by atoms with Crippen LogP contribution in [0.5, 0.6) is 0 Å². The van der Waals surface area contributed by atoms with Crippen LogP contribution in [0.25, 0.3) is 6.08 Å². The summed E-state index contributed by atoms with van der Waals surface area (Å²) in [7, 11) is 0. The van der Waals surface area contributed by atoms with Crippen molar-refractivity contribution in [3.05, 3.63) is 113 Å². The van der Waals surface area contributed by atoms with Crippen molar-refractivity contribution in [3.63, 3.8) is 0 Å². The minimum absolute atomic E-state index is 0.0366. The molecule has 2 fully saturated rings. The molecule has 2 saturated heterocycles. The van der Waals surface area contributed by atoms with Crippen molar-refractivity contribution >= 4 is 50.4 Å². The van der Waals surface area contributed by atoms with Gasteiger partial charge in [0, 0.05) is 13.0 Å². The van der Waals surface area contributed by atoms with Gasteiger partial charge in [-0.15, -0.1) is 0 Å². The molecule has 1 N–H and O–H groups in total. The lowest BCUT2D eigenvalue weighted by Crippen LogP contribution is -2.74. The van der Waals surface area contributed by atoms with E-state index >= 15 is 0 Å². The fourth-order valence-corrected chi connectivity index (χ4v) is 5.86. The first-order valence-corrected chi connectivity index (χ1v) is 14.8. The molecule has 0 unspecified atom stereocenters. The molecule has 44 heavy (non-hydrogen) atoms. The van der Waals surface area contributed by atoms with Crippen molar-refractivity contribution < 1.29 is 37.1 Å². The van der Waals surface area contributed by atoms with Crippen molar-refractivity contribution in [1.82, 2.24) is 15.1 Å². The zero-order valence-corrected chi connectivity index (χ0v) is 25.3. The van der Waals surface area contributed by atoms with E-state index in [1.165, 1.54) is 44.5 Å². The maximum Gasteiger partial charge on any atom is 0.416 e. The molecule has 8 nitrogen and oxygen atoms in total. The van der Waals surface area contributed by atoms with Crippen molar-refractivity contribution in [3.8, 4) is 0 Å². The van der Waals surface area contributed by atoms with Gasteiger partial charge >= 0.3 is 12.3 Å². The molecule has 3 amide bonds. The van der Waals surface area contributed by atoms with E-state index in [0.29, 0.717) is 0 Å². The second-order valence-electron chi connectivity index (χ2n) is 10.4. The Bertz CT molecular complexity index is 1570. The second kappa shape index (κ2) is 13.2. The highest BCUT2D eigenvalue weighted by atomic mass is 127. The van der Waals surface area contributed by atoms with E-state index in [0.717, 1.165) is 23.3 Å². The third-order valence-corrected chi connectivity index (χ3v) is 7.99. The minimum atomic E-state index is -4.55. The van der Waals surface area contributed by atoms with Gasteiger partial charge in [0.2, 0.25) is 11.8 Å². The number of ether oxygens (including phenoxy) is 1. The number of amides is 3. The number of nitrogens with one attached hydrogen (secondary N) is 1. The molecular weight excluding hydrogens is 690 g/mol. The largest absolute Gasteiger partial charge is 0.447 e. The highest BCUT2D eigenvalue weighted by Gasteiger charge is 2.58. The highest BCUT2D eigenvalue weighted by Crippen LogP contribution is 2.39. The Morgan fingerprint density at radius 2 is 1.68 bits per heavy atom. The van der Waals surface area contributed by atoms with E-state index in [2.05, 4.69) is 5.32 Å². The number of nitrogens with zero attached hydrogens (tertiary/aromatic N) is 2. The van der Waals surface area contributed by atoms with Crippen molar-refractivity contribution in [2.24, 2.45) is 0 Å². The Hall–Kier alpha value is -4.20. The molecule has 12 heteroatoms. The highest BCUT2D eigenvalue weighted by molar-refractivity contribution is 14.1. The van der Waals surface area contributed by atoms with Gasteiger partial charge < -0.3 is 15.0 Å². The number of alkyl halides is 3. The lowest BCUT2D eigenvalue weighted by molar-refractivity contribution is -0.163. The number of likely N-dealkylation sites (tertiary alicyclic amines) is 1. The lowest BCUT2D eigenvalue weighted by Gasteiger charge is -2.52. The molecule has 2 heterocycles. The van der Waals surface area contributed by atoms with E-state index in [1.807, 2.05) is 60.7 Å². The molecule has 0 spiro atoms. The van der Waals surface area contributed by atoms with Crippen molar-refractivity contribution in [1.29, 1.82) is 0 Å². The van der Waals surface area contributed by atoms with E-state index in [1.54, 1.807) is 12.2 Å². The number of benzene rings is 3. The van der Waals surface area contributed by atoms with Gasteiger partial charge in [0.1, 0.15) is 18.7 Å². The maximum atomic E-state index is 13.9. The Labute approximate surface area is 265 Å². The number of β-lactam (4-membered cyclic amide) rings is 1. The number of rotatable bonds is 10. The fourth-order valence-electron chi connectivity index (χ4n) is 5.44. The van der Waals surface area contributed by atoms with Gasteiger partial charge in [-0.3, -0.25) is 19.3 Å². The van der Waals surface area contributed by atoms with Crippen molar-refractivity contribution in [2.45, 2.75) is 43.3 Å². The average molecular weight is 717 g/mol. The van der Waals surface area contributed by atoms with E-state index in [9.17, 15) is 32.3 Å². The van der Waals surface area contributed by atoms with Crippen LogP contribution in [0, 0.1) is 0 Å². The standard InChI is InChI=1S/C32H27F3IN3O5/c33-32(34,35)23-13-7-10-21(16-23)18-37-29(41)25(17-27(36)40)38-24(15-14-20-8-3-1-4-9-20)28(30(38)42)39-26(19-44-31(39)43)22-11-5-2-6-12-22/h1-16,24-26,28H,17-19H2,(H,37,41)/b15-14+/t24-,25+,26-,28+/m1/s1. The SMILES string of the molecule is O=C(I)C[C@@H](C(=O)NCc1cccc(C(F)(F)F)c1)N1C(=O)[C@@H](N2C(=O)OC[C@@H]2c2ccccc2)[C@H]1/C=C/c1ccccc1. The van der Waals surface area contributed by atoms with Gasteiger partial charge in [0.15, 0.2) is 3.79 Å². The molecule has 0 saturated carbocycles. The number of carbonyl (C=O) groups is 4. The monoisotopic (exact) mass is 717 g/mol. The van der Waals surface area contributed by atoms with Crippen molar-refractivity contribution in [2.75, 3.05) is 6.61 Å². The van der Waals surface area contributed by atoms with E-state index in [-0.39, 0.29) is 25.1 Å². The molecule has 0 aliphatic carbocycles. The molecule has 0 bridgehead atoms. The van der Waals surface area contributed by atoms with Gasteiger partial charge in [-0.25, -0.2) is 4.79 Å². The number of hydrogen-bond acceptors (Lipinski definition) is 5. The van der Waals surface area contributed by atoms with Crippen LogP contribution in [0.1, 0.15) is 34.7 Å². The molecule has 0 aromatic heterocycles. The second-order valence-corrected chi connectivity index (χ2v) is 11.6. The van der Waals surface area contributed by atoms with Gasteiger partial charge in [0.05, 0.1) is 17.6 Å². The van der Waals surface area contributed by atoms with Crippen LogP contribution in [0.3, 0.4) is 0 Å². The first-order chi connectivity index (χ1) is 21.0. The van der Waals surface area contributed by atoms with Crippen LogP contribution in [0.2, 0.25) is 0 Å². The van der Waals surface area contributed by atoms with Gasteiger partial charge in [-0.1, -0.05) is 84.9 Å². The molecule has 3 aromatic rings. The summed E-state index contributed by atoms with van der Waals surface area (Å²) in [5.74, 6) is -1.26. The third-order valence-electron chi connectivity index (χ3n) is 7.55. The summed E-state index contributed by atoms with van der Waals surface area (Å²) < 4.78 is 44.5. The Morgan fingerprint density at radius 1 is 1.00 bits per heavy atom. The van der Waals surface area contributed by atoms with Crippen LogP contribution in [0.4, 0.5) is 18.0 Å². The average Bonchev–Trinajstić information content (AvgIpc) is 3.38. The van der Waals surface area contributed by atoms with Gasteiger partial charge in [0.25, 0.3) is 0 Å². The summed E-state index contributed by atoms with van der Waals surface area (Å²) in [6, 6.07) is 19.2. The summed E-state index contributed by atoms with van der Waals surface area (Å²) in [6.45, 7) is -0.214. The maximum absolute atomic E-state index is 13.9. The molecule has 5 rings (SSSR count). The molecule has 228 valence electrons. The lowest BCUT2D eigenvalue weighted by atomic mass is 9.87. The first kappa shape index (κ1) is 31.2.